The smallest absolute Gasteiger partial charge is 0.384 e. The number of ether oxygens (including phenoxy) is 1. The molecule has 0 radical (unpaired) electrons. The highest BCUT2D eigenvalue weighted by Gasteiger charge is 2.07. The van der Waals surface area contributed by atoms with Crippen LogP contribution in [0.3, 0.4) is 0 Å². The highest BCUT2D eigenvalue weighted by Crippen LogP contribution is 1.99. The number of esters is 1. The van der Waals surface area contributed by atoms with Gasteiger partial charge in [0.2, 0.25) is 0 Å². The van der Waals surface area contributed by atoms with E-state index >= 15 is 0 Å². The molecule has 0 heterocycles. The molecular weight excluding hydrogens is 220 g/mol. The Balaban J connectivity index is 3.98. The second kappa shape index (κ2) is 7.11. The van der Waals surface area contributed by atoms with Gasteiger partial charge in [-0.3, -0.25) is 0 Å². The van der Waals surface area contributed by atoms with Gasteiger partial charge in [0, 0.05) is 18.8 Å². The van der Waals surface area contributed by atoms with Crippen molar-refractivity contribution >= 4 is 14.0 Å². The van der Waals surface area contributed by atoms with Crippen LogP contribution in [0, 0.1) is 23.3 Å². The molecule has 0 saturated heterocycles. The maximum Gasteiger partial charge on any atom is 0.384 e. The van der Waals surface area contributed by atoms with Gasteiger partial charge in [-0.1, -0.05) is 25.6 Å². The molecule has 0 aromatic rings. The number of carbonyl (C=O) groups excluding carboxylic acids is 1. The zero-order valence-electron chi connectivity index (χ0n) is 10.3. The van der Waals surface area contributed by atoms with E-state index in [9.17, 15) is 9.90 Å². The van der Waals surface area contributed by atoms with Gasteiger partial charge in [-0.15, -0.1) is 11.5 Å². The molecule has 0 aliphatic rings. The maximum absolute atomic E-state index is 10.6. The van der Waals surface area contributed by atoms with Crippen molar-refractivity contribution in [2.75, 3.05) is 7.11 Å². The van der Waals surface area contributed by atoms with Gasteiger partial charge < -0.3 is 9.84 Å². The van der Waals surface area contributed by atoms with Gasteiger partial charge in [0.15, 0.2) is 0 Å². The number of carbonyl (C=O) groups is 1. The van der Waals surface area contributed by atoms with Gasteiger partial charge in [0.25, 0.3) is 0 Å². The van der Waals surface area contributed by atoms with E-state index in [1.807, 2.05) is 0 Å². The van der Waals surface area contributed by atoms with Gasteiger partial charge >= 0.3 is 5.97 Å². The van der Waals surface area contributed by atoms with Crippen LogP contribution in [0.25, 0.3) is 0 Å². The van der Waals surface area contributed by atoms with E-state index in [-0.39, 0.29) is 6.42 Å². The van der Waals surface area contributed by atoms with Crippen LogP contribution in [-0.2, 0) is 9.53 Å². The number of hydrogen-bond acceptors (Lipinski definition) is 3. The van der Waals surface area contributed by atoms with E-state index in [0.717, 1.165) is 0 Å². The lowest BCUT2D eigenvalue weighted by Crippen LogP contribution is -2.16. The molecule has 0 fully saturated rings. The zero-order valence-corrected chi connectivity index (χ0v) is 11.3. The Kier molecular flexibility index (Phi) is 6.56. The highest BCUT2D eigenvalue weighted by atomic mass is 28.3. The monoisotopic (exact) mass is 238 g/mol. The summed E-state index contributed by atoms with van der Waals surface area (Å²) in [6.07, 6.45) is 0.0521. The Labute approximate surface area is 98.2 Å². The van der Waals surface area contributed by atoms with Gasteiger partial charge in [-0.2, -0.15) is 0 Å². The SMILES string of the molecule is COC(=O)C#CC[C@@H](O)CC#C[Si](C)(C)C. The summed E-state index contributed by atoms with van der Waals surface area (Å²) < 4.78 is 4.34. The van der Waals surface area contributed by atoms with Crippen LogP contribution >= 0.6 is 0 Å². The molecule has 0 bridgehead atoms. The van der Waals surface area contributed by atoms with E-state index in [2.05, 4.69) is 47.7 Å². The number of rotatable bonds is 2. The average molecular weight is 238 g/mol. The van der Waals surface area contributed by atoms with Crippen molar-refractivity contribution in [1.29, 1.82) is 0 Å². The van der Waals surface area contributed by atoms with E-state index < -0.39 is 20.1 Å². The third-order valence-corrected chi connectivity index (χ3v) is 2.44. The lowest BCUT2D eigenvalue weighted by atomic mass is 10.2. The van der Waals surface area contributed by atoms with E-state index in [0.29, 0.717) is 6.42 Å². The number of hydrogen-bond donors (Lipinski definition) is 1. The van der Waals surface area contributed by atoms with Crippen LogP contribution in [0.1, 0.15) is 12.8 Å². The second-order valence-corrected chi connectivity index (χ2v) is 9.16. The quantitative estimate of drug-likeness (QED) is 0.340. The molecule has 1 N–H and O–H groups in total. The van der Waals surface area contributed by atoms with Crippen molar-refractivity contribution in [3.63, 3.8) is 0 Å². The number of methoxy groups -OCH3 is 1. The maximum atomic E-state index is 10.6. The summed E-state index contributed by atoms with van der Waals surface area (Å²) in [4.78, 5) is 10.6. The van der Waals surface area contributed by atoms with Crippen LogP contribution in [0.5, 0.6) is 0 Å². The minimum absolute atomic E-state index is 0.246. The fraction of sp³-hybridized carbons (Fsp3) is 0.583. The first-order chi connectivity index (χ1) is 7.35. The molecule has 0 aromatic heterocycles. The van der Waals surface area contributed by atoms with E-state index in [1.54, 1.807) is 0 Å². The molecule has 88 valence electrons. The van der Waals surface area contributed by atoms with Crippen molar-refractivity contribution in [2.45, 2.75) is 38.6 Å². The number of aliphatic hydroxyl groups excluding tert-OH is 1. The topological polar surface area (TPSA) is 46.5 Å². The molecule has 0 amide bonds. The molecule has 0 unspecified atom stereocenters. The molecule has 3 nitrogen and oxygen atoms in total. The van der Waals surface area contributed by atoms with Crippen LogP contribution in [0.2, 0.25) is 19.6 Å². The average Bonchev–Trinajstić information content (AvgIpc) is 2.15. The lowest BCUT2D eigenvalue weighted by molar-refractivity contribution is -0.133. The van der Waals surface area contributed by atoms with Crippen molar-refractivity contribution in [3.05, 3.63) is 0 Å². The van der Waals surface area contributed by atoms with E-state index in [1.165, 1.54) is 7.11 Å². The van der Waals surface area contributed by atoms with Crippen LogP contribution in [0.15, 0.2) is 0 Å². The standard InChI is InChI=1S/C12H18O3Si/c1-15-12(14)9-5-7-11(13)8-6-10-16(2,3)4/h11,13H,7-8H2,1-4H3/t11-/m1/s1. The third-order valence-electron chi connectivity index (χ3n) is 1.51. The summed E-state index contributed by atoms with van der Waals surface area (Å²) in [6.45, 7) is 6.43. The lowest BCUT2D eigenvalue weighted by Gasteiger charge is -2.04. The van der Waals surface area contributed by atoms with Crippen LogP contribution in [0.4, 0.5) is 0 Å². The van der Waals surface area contributed by atoms with Crippen LogP contribution < -0.4 is 0 Å². The Hall–Kier alpha value is -1.23. The van der Waals surface area contributed by atoms with Crippen LogP contribution in [-0.4, -0.2) is 32.4 Å². The van der Waals surface area contributed by atoms with Crippen molar-refractivity contribution < 1.29 is 14.6 Å². The van der Waals surface area contributed by atoms with Gasteiger partial charge in [-0.05, 0) is 0 Å². The zero-order chi connectivity index (χ0) is 12.6. The molecule has 16 heavy (non-hydrogen) atoms. The minimum atomic E-state index is -1.36. The Morgan fingerprint density at radius 1 is 1.31 bits per heavy atom. The molecule has 1 atom stereocenters. The summed E-state index contributed by atoms with van der Waals surface area (Å²) in [5.74, 6) is 7.18. The molecule has 0 saturated carbocycles. The second-order valence-electron chi connectivity index (χ2n) is 4.41. The Morgan fingerprint density at radius 3 is 2.38 bits per heavy atom. The summed E-state index contributed by atoms with van der Waals surface area (Å²) in [6, 6.07) is 0. The van der Waals surface area contributed by atoms with Gasteiger partial charge in [0.05, 0.1) is 13.2 Å². The molecule has 0 aromatic carbocycles. The summed E-state index contributed by atoms with van der Waals surface area (Å²) in [7, 11) is -0.0906. The normalized spacial score (nSPS) is 11.6. The molecule has 4 heteroatoms. The summed E-state index contributed by atoms with van der Waals surface area (Å²) in [5, 5.41) is 9.49. The van der Waals surface area contributed by atoms with Crippen molar-refractivity contribution in [3.8, 4) is 23.3 Å². The van der Waals surface area contributed by atoms with Gasteiger partial charge in [0.1, 0.15) is 8.07 Å². The fourth-order valence-corrected chi connectivity index (χ4v) is 1.43. The fourth-order valence-electron chi connectivity index (χ4n) is 0.798. The Bertz CT molecular complexity index is 346. The predicted octanol–water partition coefficient (Wildman–Crippen LogP) is 1.18. The molecule has 0 aliphatic heterocycles. The first-order valence-corrected chi connectivity index (χ1v) is 8.60. The first kappa shape index (κ1) is 14.8. The number of aliphatic hydroxyl groups is 1. The van der Waals surface area contributed by atoms with Gasteiger partial charge in [-0.25, -0.2) is 4.79 Å². The molecule has 0 spiro atoms. The Morgan fingerprint density at radius 2 is 1.88 bits per heavy atom. The molecular formula is C12H18O3Si. The largest absolute Gasteiger partial charge is 0.459 e. The van der Waals surface area contributed by atoms with E-state index in [4.69, 9.17) is 0 Å². The summed E-state index contributed by atoms with van der Waals surface area (Å²) >= 11 is 0. The third kappa shape index (κ3) is 9.33. The predicted molar refractivity (Wildman–Crippen MR) is 66.2 cm³/mol. The molecule has 0 rings (SSSR count). The van der Waals surface area contributed by atoms with Crippen molar-refractivity contribution in [2.24, 2.45) is 0 Å². The highest BCUT2D eigenvalue weighted by molar-refractivity contribution is 6.83. The first-order valence-electron chi connectivity index (χ1n) is 5.10. The summed E-state index contributed by atoms with van der Waals surface area (Å²) in [5.41, 5.74) is 3.15. The molecule has 0 aliphatic carbocycles. The van der Waals surface area contributed by atoms with Crippen molar-refractivity contribution in [1.82, 2.24) is 0 Å². The minimum Gasteiger partial charge on any atom is -0.459 e.